The van der Waals surface area contributed by atoms with E-state index < -0.39 is 5.82 Å². The highest BCUT2D eigenvalue weighted by atomic mass is 32.1. The first-order chi connectivity index (χ1) is 14.2. The second-order valence-corrected chi connectivity index (χ2v) is 7.16. The molecule has 0 saturated carbocycles. The van der Waals surface area contributed by atoms with Crippen LogP contribution >= 0.6 is 11.3 Å². The predicted octanol–water partition coefficient (Wildman–Crippen LogP) is 5.07. The van der Waals surface area contributed by atoms with E-state index in [0.29, 0.717) is 16.2 Å². The number of pyridine rings is 1. The SMILES string of the molecule is O=C(NCc1ccc(Oc2cccnc2)c(F)c1)c1cnc(-c2ccccc2)s1. The lowest BCUT2D eigenvalue weighted by Gasteiger charge is -2.08. The molecule has 0 saturated heterocycles. The molecule has 2 aromatic heterocycles. The number of halogens is 1. The van der Waals surface area contributed by atoms with Crippen LogP contribution in [0.3, 0.4) is 0 Å². The van der Waals surface area contributed by atoms with E-state index in [2.05, 4.69) is 15.3 Å². The second-order valence-electron chi connectivity index (χ2n) is 6.13. The second kappa shape index (κ2) is 8.62. The summed E-state index contributed by atoms with van der Waals surface area (Å²) in [5, 5.41) is 3.57. The van der Waals surface area contributed by atoms with E-state index in [0.717, 1.165) is 10.6 Å². The number of ether oxygens (including phenoxy) is 1. The van der Waals surface area contributed by atoms with Gasteiger partial charge in [-0.2, -0.15) is 0 Å². The van der Waals surface area contributed by atoms with Gasteiger partial charge in [0.15, 0.2) is 11.6 Å². The Bertz CT molecular complexity index is 1120. The van der Waals surface area contributed by atoms with Gasteiger partial charge in [0.2, 0.25) is 0 Å². The third-order valence-electron chi connectivity index (χ3n) is 4.06. The molecule has 7 heteroatoms. The number of aromatic nitrogens is 2. The van der Waals surface area contributed by atoms with Crippen molar-refractivity contribution in [1.82, 2.24) is 15.3 Å². The zero-order valence-electron chi connectivity index (χ0n) is 15.2. The zero-order valence-corrected chi connectivity index (χ0v) is 16.0. The molecule has 144 valence electrons. The summed E-state index contributed by atoms with van der Waals surface area (Å²) in [5.41, 5.74) is 1.59. The van der Waals surface area contributed by atoms with Crippen molar-refractivity contribution in [3.05, 3.63) is 95.5 Å². The highest BCUT2D eigenvalue weighted by Crippen LogP contribution is 2.26. The molecule has 2 aromatic carbocycles. The van der Waals surface area contributed by atoms with Crippen LogP contribution in [0.5, 0.6) is 11.5 Å². The van der Waals surface area contributed by atoms with Crippen molar-refractivity contribution in [2.45, 2.75) is 6.54 Å². The number of amides is 1. The van der Waals surface area contributed by atoms with Gasteiger partial charge in [0, 0.05) is 18.3 Å². The molecular formula is C22H16FN3O2S. The van der Waals surface area contributed by atoms with E-state index >= 15 is 0 Å². The molecule has 2 heterocycles. The molecule has 5 nitrogen and oxygen atoms in total. The molecule has 0 aliphatic carbocycles. The summed E-state index contributed by atoms with van der Waals surface area (Å²) in [5.74, 6) is -0.208. The fourth-order valence-corrected chi connectivity index (χ4v) is 3.47. The Morgan fingerprint density at radius 1 is 1.07 bits per heavy atom. The Morgan fingerprint density at radius 3 is 2.69 bits per heavy atom. The lowest BCUT2D eigenvalue weighted by atomic mass is 10.2. The minimum Gasteiger partial charge on any atom is -0.453 e. The van der Waals surface area contributed by atoms with Gasteiger partial charge in [-0.05, 0) is 29.8 Å². The van der Waals surface area contributed by atoms with Crippen LogP contribution in [0, 0.1) is 5.82 Å². The Labute approximate surface area is 170 Å². The highest BCUT2D eigenvalue weighted by Gasteiger charge is 2.12. The summed E-state index contributed by atoms with van der Waals surface area (Å²) >= 11 is 1.31. The Kier molecular flexibility index (Phi) is 5.58. The van der Waals surface area contributed by atoms with Gasteiger partial charge in [-0.25, -0.2) is 9.37 Å². The number of benzene rings is 2. The largest absolute Gasteiger partial charge is 0.453 e. The van der Waals surface area contributed by atoms with Gasteiger partial charge in [-0.1, -0.05) is 36.4 Å². The lowest BCUT2D eigenvalue weighted by molar-refractivity contribution is 0.0954. The number of carbonyl (C=O) groups is 1. The molecule has 0 radical (unpaired) electrons. The van der Waals surface area contributed by atoms with Crippen LogP contribution < -0.4 is 10.1 Å². The Balaban J connectivity index is 1.38. The standard InChI is InChI=1S/C22H16FN3O2S/c23-18-11-15(8-9-19(18)28-17-7-4-10-24-13-17)12-25-21(27)20-14-26-22(29-20)16-5-2-1-3-6-16/h1-11,13-14H,12H2,(H,25,27). The average molecular weight is 405 g/mol. The molecule has 29 heavy (non-hydrogen) atoms. The van der Waals surface area contributed by atoms with Crippen LogP contribution in [-0.2, 0) is 6.54 Å². The van der Waals surface area contributed by atoms with Crippen LogP contribution in [0.2, 0.25) is 0 Å². The summed E-state index contributed by atoms with van der Waals surface area (Å²) in [6, 6.07) is 17.6. The normalized spacial score (nSPS) is 10.5. The molecular weight excluding hydrogens is 389 g/mol. The number of hydrogen-bond donors (Lipinski definition) is 1. The third-order valence-corrected chi connectivity index (χ3v) is 5.11. The fraction of sp³-hybridized carbons (Fsp3) is 0.0455. The van der Waals surface area contributed by atoms with Crippen LogP contribution in [-0.4, -0.2) is 15.9 Å². The molecule has 0 bridgehead atoms. The molecule has 0 aliphatic rings. The molecule has 4 rings (SSSR count). The zero-order chi connectivity index (χ0) is 20.1. The Hall–Kier alpha value is -3.58. The predicted molar refractivity (Wildman–Crippen MR) is 109 cm³/mol. The van der Waals surface area contributed by atoms with Crippen LogP contribution in [0.4, 0.5) is 4.39 Å². The summed E-state index contributed by atoms with van der Waals surface area (Å²) in [6.07, 6.45) is 4.67. The number of carbonyl (C=O) groups excluding carboxylic acids is 1. The van der Waals surface area contributed by atoms with Crippen molar-refractivity contribution in [3.8, 4) is 22.1 Å². The molecule has 0 aliphatic heterocycles. The van der Waals surface area contributed by atoms with Crippen molar-refractivity contribution in [1.29, 1.82) is 0 Å². The molecule has 0 fully saturated rings. The van der Waals surface area contributed by atoms with E-state index in [9.17, 15) is 9.18 Å². The monoisotopic (exact) mass is 405 g/mol. The van der Waals surface area contributed by atoms with Gasteiger partial charge >= 0.3 is 0 Å². The molecule has 0 unspecified atom stereocenters. The van der Waals surface area contributed by atoms with Crippen LogP contribution in [0.25, 0.3) is 10.6 Å². The summed E-state index contributed by atoms with van der Waals surface area (Å²) in [7, 11) is 0. The first-order valence-electron chi connectivity index (χ1n) is 8.85. The van der Waals surface area contributed by atoms with Gasteiger partial charge in [0.05, 0.1) is 12.4 Å². The summed E-state index contributed by atoms with van der Waals surface area (Å²) in [4.78, 5) is 21.1. The molecule has 1 N–H and O–H groups in total. The number of nitrogens with zero attached hydrogens (tertiary/aromatic N) is 2. The average Bonchev–Trinajstić information content (AvgIpc) is 3.26. The van der Waals surface area contributed by atoms with Gasteiger partial charge in [-0.3, -0.25) is 9.78 Å². The molecule has 4 aromatic rings. The number of nitrogens with one attached hydrogen (secondary N) is 1. The van der Waals surface area contributed by atoms with Gasteiger partial charge in [0.25, 0.3) is 5.91 Å². The highest BCUT2D eigenvalue weighted by molar-refractivity contribution is 7.16. The van der Waals surface area contributed by atoms with Crippen molar-refractivity contribution in [2.24, 2.45) is 0 Å². The minimum absolute atomic E-state index is 0.100. The number of rotatable bonds is 6. The van der Waals surface area contributed by atoms with E-state index in [4.69, 9.17) is 4.74 Å². The van der Waals surface area contributed by atoms with Crippen LogP contribution in [0.15, 0.2) is 79.3 Å². The van der Waals surface area contributed by atoms with E-state index in [1.807, 2.05) is 30.3 Å². The maximum absolute atomic E-state index is 14.3. The molecule has 0 spiro atoms. The lowest BCUT2D eigenvalue weighted by Crippen LogP contribution is -2.21. The van der Waals surface area contributed by atoms with Gasteiger partial charge in [0.1, 0.15) is 15.6 Å². The Morgan fingerprint density at radius 2 is 1.93 bits per heavy atom. The van der Waals surface area contributed by atoms with E-state index in [1.165, 1.54) is 29.7 Å². The fourth-order valence-electron chi connectivity index (χ4n) is 2.63. The van der Waals surface area contributed by atoms with E-state index in [1.54, 1.807) is 30.6 Å². The maximum Gasteiger partial charge on any atom is 0.263 e. The quantitative estimate of drug-likeness (QED) is 0.487. The topological polar surface area (TPSA) is 64.1 Å². The van der Waals surface area contributed by atoms with Crippen molar-refractivity contribution in [3.63, 3.8) is 0 Å². The van der Waals surface area contributed by atoms with Crippen molar-refractivity contribution in [2.75, 3.05) is 0 Å². The van der Waals surface area contributed by atoms with Crippen LogP contribution in [0.1, 0.15) is 15.2 Å². The summed E-state index contributed by atoms with van der Waals surface area (Å²) in [6.45, 7) is 0.196. The summed E-state index contributed by atoms with van der Waals surface area (Å²) < 4.78 is 19.8. The van der Waals surface area contributed by atoms with Gasteiger partial charge < -0.3 is 10.1 Å². The number of thiazole rings is 1. The maximum atomic E-state index is 14.3. The van der Waals surface area contributed by atoms with Gasteiger partial charge in [-0.15, -0.1) is 11.3 Å². The minimum atomic E-state index is -0.509. The molecule has 1 amide bonds. The van der Waals surface area contributed by atoms with Crippen molar-refractivity contribution < 1.29 is 13.9 Å². The number of hydrogen-bond acceptors (Lipinski definition) is 5. The molecule has 0 atom stereocenters. The smallest absolute Gasteiger partial charge is 0.263 e. The first kappa shape index (κ1) is 18.8. The third kappa shape index (κ3) is 4.64. The first-order valence-corrected chi connectivity index (χ1v) is 9.66. The van der Waals surface area contributed by atoms with E-state index in [-0.39, 0.29) is 18.2 Å². The van der Waals surface area contributed by atoms with Crippen molar-refractivity contribution >= 4 is 17.2 Å².